The SMILES string of the molecule is C/C=C/COc1cc(N(C)C)ccc1N. The molecule has 0 heterocycles. The van der Waals surface area contributed by atoms with Gasteiger partial charge in [-0.25, -0.2) is 0 Å². The van der Waals surface area contributed by atoms with Crippen molar-refractivity contribution in [3.05, 3.63) is 30.4 Å². The summed E-state index contributed by atoms with van der Waals surface area (Å²) < 4.78 is 5.53. The average molecular weight is 206 g/mol. The van der Waals surface area contributed by atoms with Crippen LogP contribution in [0.2, 0.25) is 0 Å². The molecule has 0 aliphatic heterocycles. The van der Waals surface area contributed by atoms with Crippen LogP contribution < -0.4 is 15.4 Å². The molecule has 0 saturated carbocycles. The molecular formula is C12H18N2O. The van der Waals surface area contributed by atoms with E-state index in [1.807, 2.05) is 56.3 Å². The van der Waals surface area contributed by atoms with E-state index in [0.29, 0.717) is 12.3 Å². The number of allylic oxidation sites excluding steroid dienone is 1. The Labute approximate surface area is 91.1 Å². The highest BCUT2D eigenvalue weighted by Crippen LogP contribution is 2.26. The topological polar surface area (TPSA) is 38.5 Å². The van der Waals surface area contributed by atoms with Gasteiger partial charge < -0.3 is 15.4 Å². The summed E-state index contributed by atoms with van der Waals surface area (Å²) in [6, 6.07) is 5.77. The van der Waals surface area contributed by atoms with Gasteiger partial charge in [-0.3, -0.25) is 0 Å². The minimum Gasteiger partial charge on any atom is -0.487 e. The van der Waals surface area contributed by atoms with Gasteiger partial charge >= 0.3 is 0 Å². The Morgan fingerprint density at radius 1 is 1.40 bits per heavy atom. The number of benzene rings is 1. The van der Waals surface area contributed by atoms with Gasteiger partial charge in [0.15, 0.2) is 0 Å². The van der Waals surface area contributed by atoms with Crippen molar-refractivity contribution >= 4 is 11.4 Å². The fraction of sp³-hybridized carbons (Fsp3) is 0.333. The Hall–Kier alpha value is -1.64. The Kier molecular flexibility index (Phi) is 4.03. The number of hydrogen-bond donors (Lipinski definition) is 1. The Bertz CT molecular complexity index is 345. The molecule has 1 aromatic rings. The highest BCUT2D eigenvalue weighted by atomic mass is 16.5. The van der Waals surface area contributed by atoms with E-state index in [1.54, 1.807) is 0 Å². The number of ether oxygens (including phenoxy) is 1. The number of anilines is 2. The van der Waals surface area contributed by atoms with E-state index >= 15 is 0 Å². The molecule has 0 saturated heterocycles. The predicted molar refractivity (Wildman–Crippen MR) is 65.5 cm³/mol. The maximum absolute atomic E-state index is 5.80. The van der Waals surface area contributed by atoms with Gasteiger partial charge in [-0.2, -0.15) is 0 Å². The molecule has 0 fully saturated rings. The maximum Gasteiger partial charge on any atom is 0.144 e. The monoisotopic (exact) mass is 206 g/mol. The zero-order valence-electron chi connectivity index (χ0n) is 9.53. The second-order valence-electron chi connectivity index (χ2n) is 3.50. The van der Waals surface area contributed by atoms with E-state index in [4.69, 9.17) is 10.5 Å². The highest BCUT2D eigenvalue weighted by molar-refractivity contribution is 5.61. The molecule has 0 aromatic heterocycles. The summed E-state index contributed by atoms with van der Waals surface area (Å²) >= 11 is 0. The van der Waals surface area contributed by atoms with Crippen molar-refractivity contribution in [1.29, 1.82) is 0 Å². The summed E-state index contributed by atoms with van der Waals surface area (Å²) in [5.74, 6) is 0.735. The lowest BCUT2D eigenvalue weighted by Gasteiger charge is -2.15. The first-order valence-corrected chi connectivity index (χ1v) is 4.96. The third-order valence-corrected chi connectivity index (χ3v) is 2.08. The molecule has 1 aromatic carbocycles. The van der Waals surface area contributed by atoms with E-state index in [-0.39, 0.29) is 0 Å². The van der Waals surface area contributed by atoms with Gasteiger partial charge in [0.25, 0.3) is 0 Å². The van der Waals surface area contributed by atoms with Gasteiger partial charge in [0, 0.05) is 25.8 Å². The minimum atomic E-state index is 0.553. The van der Waals surface area contributed by atoms with Crippen molar-refractivity contribution in [3.63, 3.8) is 0 Å². The fourth-order valence-electron chi connectivity index (χ4n) is 1.16. The number of hydrogen-bond acceptors (Lipinski definition) is 3. The molecule has 82 valence electrons. The van der Waals surface area contributed by atoms with Crippen LogP contribution in [0.15, 0.2) is 30.4 Å². The van der Waals surface area contributed by atoms with Gasteiger partial charge in [-0.05, 0) is 19.1 Å². The summed E-state index contributed by atoms with van der Waals surface area (Å²) in [5.41, 5.74) is 7.56. The summed E-state index contributed by atoms with van der Waals surface area (Å²) in [6.07, 6.45) is 3.90. The third-order valence-electron chi connectivity index (χ3n) is 2.08. The van der Waals surface area contributed by atoms with Crippen LogP contribution in [0.4, 0.5) is 11.4 Å². The summed E-state index contributed by atoms with van der Waals surface area (Å²) in [6.45, 7) is 2.51. The van der Waals surface area contributed by atoms with E-state index in [9.17, 15) is 0 Å². The molecule has 0 unspecified atom stereocenters. The van der Waals surface area contributed by atoms with Crippen molar-refractivity contribution in [2.45, 2.75) is 6.92 Å². The van der Waals surface area contributed by atoms with Gasteiger partial charge in [0.1, 0.15) is 12.4 Å². The fourth-order valence-corrected chi connectivity index (χ4v) is 1.16. The smallest absolute Gasteiger partial charge is 0.144 e. The molecule has 0 aliphatic carbocycles. The van der Waals surface area contributed by atoms with Gasteiger partial charge in [0.2, 0.25) is 0 Å². The normalized spacial score (nSPS) is 10.6. The van der Waals surface area contributed by atoms with Crippen molar-refractivity contribution in [1.82, 2.24) is 0 Å². The molecule has 0 bridgehead atoms. The maximum atomic E-state index is 5.80. The second kappa shape index (κ2) is 5.29. The summed E-state index contributed by atoms with van der Waals surface area (Å²) in [7, 11) is 3.97. The van der Waals surface area contributed by atoms with Crippen LogP contribution in [-0.4, -0.2) is 20.7 Å². The first-order valence-electron chi connectivity index (χ1n) is 4.96. The minimum absolute atomic E-state index is 0.553. The molecule has 2 N–H and O–H groups in total. The van der Waals surface area contributed by atoms with Crippen molar-refractivity contribution in [2.75, 3.05) is 31.3 Å². The molecule has 0 aliphatic rings. The Balaban J connectivity index is 2.80. The van der Waals surface area contributed by atoms with E-state index < -0.39 is 0 Å². The van der Waals surface area contributed by atoms with Crippen molar-refractivity contribution in [3.8, 4) is 5.75 Å². The lowest BCUT2D eigenvalue weighted by Crippen LogP contribution is -2.09. The first-order chi connectivity index (χ1) is 7.15. The van der Waals surface area contributed by atoms with Gasteiger partial charge in [0.05, 0.1) is 5.69 Å². The van der Waals surface area contributed by atoms with Crippen LogP contribution in [0.3, 0.4) is 0 Å². The van der Waals surface area contributed by atoms with Crippen LogP contribution in [-0.2, 0) is 0 Å². The Morgan fingerprint density at radius 3 is 2.73 bits per heavy atom. The third kappa shape index (κ3) is 3.20. The quantitative estimate of drug-likeness (QED) is 0.606. The Morgan fingerprint density at radius 2 is 2.13 bits per heavy atom. The number of rotatable bonds is 4. The van der Waals surface area contributed by atoms with Crippen LogP contribution in [0.1, 0.15) is 6.92 Å². The van der Waals surface area contributed by atoms with E-state index in [0.717, 1.165) is 11.4 Å². The lowest BCUT2D eigenvalue weighted by atomic mass is 10.2. The first kappa shape index (κ1) is 11.4. The van der Waals surface area contributed by atoms with Gasteiger partial charge in [-0.15, -0.1) is 0 Å². The zero-order chi connectivity index (χ0) is 11.3. The number of nitrogens with zero attached hydrogens (tertiary/aromatic N) is 1. The lowest BCUT2D eigenvalue weighted by molar-refractivity contribution is 0.365. The average Bonchev–Trinajstić information content (AvgIpc) is 2.20. The van der Waals surface area contributed by atoms with Gasteiger partial charge in [-0.1, -0.05) is 12.2 Å². The molecule has 0 atom stereocenters. The molecule has 0 amide bonds. The van der Waals surface area contributed by atoms with Crippen LogP contribution in [0.5, 0.6) is 5.75 Å². The van der Waals surface area contributed by atoms with Crippen LogP contribution >= 0.6 is 0 Å². The van der Waals surface area contributed by atoms with Crippen molar-refractivity contribution in [2.24, 2.45) is 0 Å². The van der Waals surface area contributed by atoms with Crippen molar-refractivity contribution < 1.29 is 4.74 Å². The zero-order valence-corrected chi connectivity index (χ0v) is 9.53. The summed E-state index contributed by atoms with van der Waals surface area (Å²) in [5, 5.41) is 0. The van der Waals surface area contributed by atoms with E-state index in [1.165, 1.54) is 0 Å². The molecular weight excluding hydrogens is 188 g/mol. The standard InChI is InChI=1S/C12H18N2O/c1-4-5-8-15-12-9-10(14(2)3)6-7-11(12)13/h4-7,9H,8,13H2,1-3H3/b5-4+. The molecule has 3 nitrogen and oxygen atoms in total. The van der Waals surface area contributed by atoms with E-state index in [2.05, 4.69) is 0 Å². The highest BCUT2D eigenvalue weighted by Gasteiger charge is 2.02. The molecule has 1 rings (SSSR count). The number of nitrogens with two attached hydrogens (primary N) is 1. The predicted octanol–water partition coefficient (Wildman–Crippen LogP) is 2.29. The molecule has 15 heavy (non-hydrogen) atoms. The molecule has 0 radical (unpaired) electrons. The van der Waals surface area contributed by atoms with Crippen LogP contribution in [0, 0.1) is 0 Å². The number of nitrogen functional groups attached to an aromatic ring is 1. The summed E-state index contributed by atoms with van der Waals surface area (Å²) in [4.78, 5) is 2.02. The molecule has 3 heteroatoms. The molecule has 0 spiro atoms. The second-order valence-corrected chi connectivity index (χ2v) is 3.50. The van der Waals surface area contributed by atoms with Crippen LogP contribution in [0.25, 0.3) is 0 Å². The largest absolute Gasteiger partial charge is 0.487 e.